The predicted octanol–water partition coefficient (Wildman–Crippen LogP) is 0.948. The lowest BCUT2D eigenvalue weighted by Crippen LogP contribution is -2.46. The second kappa shape index (κ2) is 8.09. The van der Waals surface area contributed by atoms with Crippen LogP contribution in [0.4, 0.5) is 0 Å². The maximum atomic E-state index is 12.3. The van der Waals surface area contributed by atoms with Crippen LogP contribution in [-0.2, 0) is 20.7 Å². The van der Waals surface area contributed by atoms with Crippen LogP contribution < -0.4 is 5.56 Å². The molecular formula is C18H21N3O5. The number of carbonyl (C=O) groups is 2. The van der Waals surface area contributed by atoms with Crippen LogP contribution >= 0.6 is 0 Å². The van der Waals surface area contributed by atoms with Crippen LogP contribution in [0.5, 0.6) is 0 Å². The van der Waals surface area contributed by atoms with Gasteiger partial charge >= 0.3 is 5.97 Å². The molecule has 1 saturated heterocycles. The highest BCUT2D eigenvalue weighted by molar-refractivity contribution is 5.77. The van der Waals surface area contributed by atoms with Gasteiger partial charge in [0.15, 0.2) is 0 Å². The zero-order valence-corrected chi connectivity index (χ0v) is 14.3. The number of benzene rings is 1. The van der Waals surface area contributed by atoms with Crippen molar-refractivity contribution in [3.05, 3.63) is 40.4 Å². The summed E-state index contributed by atoms with van der Waals surface area (Å²) in [6, 6.07) is 7.13. The number of rotatable bonds is 6. The fourth-order valence-corrected chi connectivity index (χ4v) is 3.08. The summed E-state index contributed by atoms with van der Waals surface area (Å²) in [6.07, 6.45) is 0.807. The Morgan fingerprint density at radius 3 is 2.96 bits per heavy atom. The van der Waals surface area contributed by atoms with Gasteiger partial charge in [0.05, 0.1) is 30.0 Å². The van der Waals surface area contributed by atoms with E-state index in [0.29, 0.717) is 55.7 Å². The molecule has 0 saturated carbocycles. The Kier molecular flexibility index (Phi) is 5.62. The average molecular weight is 359 g/mol. The predicted molar refractivity (Wildman–Crippen MR) is 93.9 cm³/mol. The number of carboxylic acids is 1. The molecule has 1 amide bonds. The Labute approximate surface area is 149 Å². The highest BCUT2D eigenvalue weighted by Crippen LogP contribution is 2.12. The zero-order valence-electron chi connectivity index (χ0n) is 14.3. The van der Waals surface area contributed by atoms with Crippen molar-refractivity contribution in [3.8, 4) is 0 Å². The van der Waals surface area contributed by atoms with E-state index < -0.39 is 12.1 Å². The molecule has 8 nitrogen and oxygen atoms in total. The van der Waals surface area contributed by atoms with Gasteiger partial charge in [-0.05, 0) is 18.6 Å². The first-order valence-electron chi connectivity index (χ1n) is 8.62. The average Bonchev–Trinajstić information content (AvgIpc) is 2.61. The number of morpholine rings is 1. The number of nitrogens with zero attached hydrogens (tertiary/aromatic N) is 2. The number of aliphatic carboxylic acids is 1. The van der Waals surface area contributed by atoms with Gasteiger partial charge in [-0.15, -0.1) is 0 Å². The first-order valence-corrected chi connectivity index (χ1v) is 8.62. The molecule has 138 valence electrons. The van der Waals surface area contributed by atoms with Crippen molar-refractivity contribution < 1.29 is 19.4 Å². The van der Waals surface area contributed by atoms with Crippen LogP contribution in [0.2, 0.25) is 0 Å². The maximum Gasteiger partial charge on any atom is 0.306 e. The number of hydrogen-bond donors (Lipinski definition) is 2. The topological polar surface area (TPSA) is 113 Å². The molecule has 0 aliphatic carbocycles. The van der Waals surface area contributed by atoms with Crippen molar-refractivity contribution in [2.45, 2.75) is 31.8 Å². The van der Waals surface area contributed by atoms with Crippen LogP contribution in [0.25, 0.3) is 10.9 Å². The molecule has 0 bridgehead atoms. The molecule has 0 spiro atoms. The molecule has 1 aliphatic heterocycles. The molecule has 1 unspecified atom stereocenters. The second-order valence-corrected chi connectivity index (χ2v) is 6.31. The molecule has 2 aromatic rings. The van der Waals surface area contributed by atoms with Gasteiger partial charge in [0.25, 0.3) is 5.56 Å². The van der Waals surface area contributed by atoms with Crippen LogP contribution in [0.15, 0.2) is 29.1 Å². The van der Waals surface area contributed by atoms with E-state index in [1.165, 1.54) is 0 Å². The smallest absolute Gasteiger partial charge is 0.306 e. The van der Waals surface area contributed by atoms with E-state index in [1.54, 1.807) is 23.1 Å². The Balaban J connectivity index is 1.54. The van der Waals surface area contributed by atoms with Gasteiger partial charge in [0.1, 0.15) is 5.82 Å². The molecule has 2 heterocycles. The molecule has 1 aliphatic rings. The van der Waals surface area contributed by atoms with Gasteiger partial charge in [-0.3, -0.25) is 14.4 Å². The molecule has 26 heavy (non-hydrogen) atoms. The van der Waals surface area contributed by atoms with Gasteiger partial charge in [0, 0.05) is 25.9 Å². The standard InChI is InChI=1S/C18H21N3O5/c22-16(21-8-9-26-12(11-21)10-17(23)24)7-3-6-15-19-14-5-2-1-4-13(14)18(25)20-15/h1-2,4-5,12H,3,6-11H2,(H,23,24)(H,19,20,25). The van der Waals surface area contributed by atoms with E-state index >= 15 is 0 Å². The minimum Gasteiger partial charge on any atom is -0.481 e. The van der Waals surface area contributed by atoms with Crippen LogP contribution in [0, 0.1) is 0 Å². The normalized spacial score (nSPS) is 17.4. The molecular weight excluding hydrogens is 338 g/mol. The Morgan fingerprint density at radius 2 is 2.15 bits per heavy atom. The summed E-state index contributed by atoms with van der Waals surface area (Å²) in [6.45, 7) is 1.12. The summed E-state index contributed by atoms with van der Waals surface area (Å²) >= 11 is 0. The minimum absolute atomic E-state index is 0.0353. The molecule has 0 radical (unpaired) electrons. The quantitative estimate of drug-likeness (QED) is 0.794. The highest BCUT2D eigenvalue weighted by atomic mass is 16.5. The number of ether oxygens (including phenoxy) is 1. The van der Waals surface area contributed by atoms with E-state index in [2.05, 4.69) is 9.97 Å². The van der Waals surface area contributed by atoms with E-state index in [0.717, 1.165) is 0 Å². The fraction of sp³-hybridized carbons (Fsp3) is 0.444. The summed E-state index contributed by atoms with van der Waals surface area (Å²) in [5.74, 6) is -0.408. The van der Waals surface area contributed by atoms with E-state index in [-0.39, 0.29) is 17.9 Å². The van der Waals surface area contributed by atoms with E-state index in [9.17, 15) is 14.4 Å². The SMILES string of the molecule is O=C(O)CC1CN(C(=O)CCCc2nc3ccccc3c(=O)[nH]2)CCO1. The lowest BCUT2D eigenvalue weighted by Gasteiger charge is -2.32. The van der Waals surface area contributed by atoms with Crippen molar-refractivity contribution in [1.29, 1.82) is 0 Å². The molecule has 1 aromatic carbocycles. The van der Waals surface area contributed by atoms with Crippen molar-refractivity contribution in [2.24, 2.45) is 0 Å². The number of para-hydroxylation sites is 1. The fourth-order valence-electron chi connectivity index (χ4n) is 3.08. The molecule has 3 rings (SSSR count). The van der Waals surface area contributed by atoms with Gasteiger partial charge in [-0.1, -0.05) is 12.1 Å². The van der Waals surface area contributed by atoms with E-state index in [4.69, 9.17) is 9.84 Å². The summed E-state index contributed by atoms with van der Waals surface area (Å²) in [4.78, 5) is 44.0. The molecule has 8 heteroatoms. The van der Waals surface area contributed by atoms with Gasteiger partial charge < -0.3 is 19.7 Å². The summed E-state index contributed by atoms with van der Waals surface area (Å²) in [5, 5.41) is 9.38. The van der Waals surface area contributed by atoms with Crippen LogP contribution in [0.3, 0.4) is 0 Å². The number of aromatic nitrogens is 2. The second-order valence-electron chi connectivity index (χ2n) is 6.31. The van der Waals surface area contributed by atoms with E-state index in [1.807, 2.05) is 6.07 Å². The first kappa shape index (κ1) is 18.1. The third-order valence-electron chi connectivity index (χ3n) is 4.36. The Hall–Kier alpha value is -2.74. The maximum absolute atomic E-state index is 12.3. The molecule has 1 fully saturated rings. The summed E-state index contributed by atoms with van der Waals surface area (Å²) < 4.78 is 5.37. The lowest BCUT2D eigenvalue weighted by molar-refractivity contribution is -0.147. The number of aryl methyl sites for hydroxylation is 1. The van der Waals surface area contributed by atoms with Gasteiger partial charge in [-0.25, -0.2) is 4.98 Å². The number of carboxylic acid groups (broad SMARTS) is 1. The largest absolute Gasteiger partial charge is 0.481 e. The molecule has 1 atom stereocenters. The lowest BCUT2D eigenvalue weighted by atomic mass is 10.1. The van der Waals surface area contributed by atoms with Crippen molar-refractivity contribution >= 4 is 22.8 Å². The van der Waals surface area contributed by atoms with Crippen LogP contribution in [0.1, 0.15) is 25.1 Å². The molecule has 1 aromatic heterocycles. The van der Waals surface area contributed by atoms with Crippen molar-refractivity contribution in [1.82, 2.24) is 14.9 Å². The number of carbonyl (C=O) groups excluding carboxylic acids is 1. The third-order valence-corrected chi connectivity index (χ3v) is 4.36. The molecule has 2 N–H and O–H groups in total. The summed E-state index contributed by atoms with van der Waals surface area (Å²) in [7, 11) is 0. The van der Waals surface area contributed by atoms with Gasteiger partial charge in [-0.2, -0.15) is 0 Å². The minimum atomic E-state index is -0.935. The highest BCUT2D eigenvalue weighted by Gasteiger charge is 2.25. The number of nitrogens with one attached hydrogen (secondary N) is 1. The number of aromatic amines is 1. The third kappa shape index (κ3) is 4.45. The number of H-pyrrole nitrogens is 1. The Morgan fingerprint density at radius 1 is 1.35 bits per heavy atom. The first-order chi connectivity index (χ1) is 12.5. The van der Waals surface area contributed by atoms with Crippen molar-refractivity contribution in [2.75, 3.05) is 19.7 Å². The monoisotopic (exact) mass is 359 g/mol. The summed E-state index contributed by atoms with van der Waals surface area (Å²) in [5.41, 5.74) is 0.462. The zero-order chi connectivity index (χ0) is 18.5. The number of hydrogen-bond acceptors (Lipinski definition) is 5. The number of fused-ring (bicyclic) bond motifs is 1. The van der Waals surface area contributed by atoms with Crippen LogP contribution in [-0.4, -0.2) is 57.7 Å². The van der Waals surface area contributed by atoms with Crippen molar-refractivity contribution in [3.63, 3.8) is 0 Å². The Bertz CT molecular complexity index is 863. The van der Waals surface area contributed by atoms with Gasteiger partial charge in [0.2, 0.25) is 5.91 Å². The number of amides is 1.